The first-order chi connectivity index (χ1) is 15.5. The number of hydrogen-bond acceptors (Lipinski definition) is 7. The van der Waals surface area contributed by atoms with Gasteiger partial charge in [0.15, 0.2) is 5.78 Å². The molecule has 8 nitrogen and oxygen atoms in total. The van der Waals surface area contributed by atoms with Crippen LogP contribution in [0.15, 0.2) is 65.7 Å². The Morgan fingerprint density at radius 2 is 2.06 bits per heavy atom. The van der Waals surface area contributed by atoms with Gasteiger partial charge in [-0.05, 0) is 30.3 Å². The second-order valence-electron chi connectivity index (χ2n) is 6.81. The number of aryl methyl sites for hydroxylation is 1. The van der Waals surface area contributed by atoms with Crippen molar-refractivity contribution in [3.05, 3.63) is 86.2 Å². The van der Waals surface area contributed by atoms with Crippen LogP contribution in [0.25, 0.3) is 11.4 Å². The van der Waals surface area contributed by atoms with E-state index in [1.54, 1.807) is 59.5 Å². The summed E-state index contributed by atoms with van der Waals surface area (Å²) in [5.41, 5.74) is 1.69. The van der Waals surface area contributed by atoms with Gasteiger partial charge < -0.3 is 9.84 Å². The van der Waals surface area contributed by atoms with Gasteiger partial charge in [0, 0.05) is 31.2 Å². The van der Waals surface area contributed by atoms with E-state index >= 15 is 0 Å². The summed E-state index contributed by atoms with van der Waals surface area (Å²) in [6.45, 7) is -0.0774. The molecule has 0 bridgehead atoms. The highest BCUT2D eigenvalue weighted by atomic mass is 35.5. The Bertz CT molecular complexity index is 1300. The highest BCUT2D eigenvalue weighted by Crippen LogP contribution is 2.26. The summed E-state index contributed by atoms with van der Waals surface area (Å²) in [7, 11) is 0. The molecule has 0 spiro atoms. The number of Topliss-reactive ketones (excluding diaryl/α,β-unsaturated/α-hetero) is 1. The molecule has 0 unspecified atom stereocenters. The molecule has 10 heteroatoms. The van der Waals surface area contributed by atoms with Gasteiger partial charge in [0.25, 0.3) is 5.56 Å². The second kappa shape index (κ2) is 9.90. The average Bonchev–Trinajstić information content (AvgIpc) is 3.45. The zero-order valence-corrected chi connectivity index (χ0v) is 18.4. The summed E-state index contributed by atoms with van der Waals surface area (Å²) in [5.74, 6) is 0.439. The van der Waals surface area contributed by atoms with Gasteiger partial charge in [0.1, 0.15) is 18.0 Å². The molecule has 0 saturated carbocycles. The van der Waals surface area contributed by atoms with Crippen molar-refractivity contribution in [2.24, 2.45) is 0 Å². The summed E-state index contributed by atoms with van der Waals surface area (Å²) < 4.78 is 9.31. The highest BCUT2D eigenvalue weighted by molar-refractivity contribution is 7.18. The monoisotopic (exact) mass is 470 g/mol. The topological polar surface area (TPSA) is 99.2 Å². The fraction of sp³-hybridized carbons (Fsp3) is 0.182. The molecule has 3 heterocycles. The number of carbonyl (C=O) groups is 1. The maximum absolute atomic E-state index is 12.3. The van der Waals surface area contributed by atoms with E-state index < -0.39 is 0 Å². The van der Waals surface area contributed by atoms with E-state index in [-0.39, 0.29) is 24.6 Å². The number of rotatable bonds is 9. The number of ketones is 1. The smallest absolute Gasteiger partial charge is 0.255 e. The molecule has 0 atom stereocenters. The molecule has 1 aromatic carbocycles. The minimum Gasteiger partial charge on any atom is -0.489 e. The standard InChI is InChI=1S/C22H19ClN4O4S/c23-21-9-8-20(32-21)18(29)7-4-15-14-27(25-24-15)17-6-5-16(13-19(17)31-12-11-28)26-10-2-1-3-22(26)30/h1-3,5-6,8-10,13-14,28H,4,7,11-12H2. The SMILES string of the molecule is O=C(CCc1cn(-c2ccc(-n3ccccc3=O)cc2OCCO)nn1)c1ccc(Cl)s1. The predicted molar refractivity (Wildman–Crippen MR) is 122 cm³/mol. The lowest BCUT2D eigenvalue weighted by atomic mass is 10.1. The number of benzene rings is 1. The van der Waals surface area contributed by atoms with Crippen LogP contribution in [0.2, 0.25) is 4.34 Å². The largest absolute Gasteiger partial charge is 0.489 e. The van der Waals surface area contributed by atoms with Crippen LogP contribution < -0.4 is 10.3 Å². The van der Waals surface area contributed by atoms with Crippen LogP contribution in [-0.4, -0.2) is 43.7 Å². The summed E-state index contributed by atoms with van der Waals surface area (Å²) >= 11 is 7.15. The van der Waals surface area contributed by atoms with Crippen LogP contribution in [0, 0.1) is 0 Å². The third-order valence-electron chi connectivity index (χ3n) is 4.64. The van der Waals surface area contributed by atoms with Gasteiger partial charge in [-0.3, -0.25) is 14.2 Å². The molecule has 4 rings (SSSR count). The number of hydrogen-bond donors (Lipinski definition) is 1. The van der Waals surface area contributed by atoms with Crippen molar-refractivity contribution in [3.8, 4) is 17.1 Å². The molecular formula is C22H19ClN4O4S. The van der Waals surface area contributed by atoms with Crippen LogP contribution >= 0.6 is 22.9 Å². The van der Waals surface area contributed by atoms with Crippen molar-refractivity contribution in [1.29, 1.82) is 0 Å². The Labute approximate surface area is 192 Å². The Balaban J connectivity index is 1.56. The highest BCUT2D eigenvalue weighted by Gasteiger charge is 2.14. The van der Waals surface area contributed by atoms with Gasteiger partial charge >= 0.3 is 0 Å². The van der Waals surface area contributed by atoms with Crippen LogP contribution in [-0.2, 0) is 6.42 Å². The predicted octanol–water partition coefficient (Wildman–Crippen LogP) is 3.32. The van der Waals surface area contributed by atoms with Gasteiger partial charge in [-0.15, -0.1) is 16.4 Å². The second-order valence-corrected chi connectivity index (χ2v) is 8.53. The third kappa shape index (κ3) is 4.96. The van der Waals surface area contributed by atoms with Gasteiger partial charge in [0.05, 0.1) is 33.4 Å². The van der Waals surface area contributed by atoms with E-state index in [9.17, 15) is 14.7 Å². The van der Waals surface area contributed by atoms with Crippen molar-refractivity contribution in [1.82, 2.24) is 19.6 Å². The van der Waals surface area contributed by atoms with E-state index in [0.717, 1.165) is 0 Å². The molecule has 3 aromatic heterocycles. The molecule has 0 aliphatic rings. The number of nitrogens with zero attached hydrogens (tertiary/aromatic N) is 4. The van der Waals surface area contributed by atoms with Crippen molar-refractivity contribution < 1.29 is 14.6 Å². The summed E-state index contributed by atoms with van der Waals surface area (Å²) in [6.07, 6.45) is 4.11. The van der Waals surface area contributed by atoms with Crippen LogP contribution in [0.1, 0.15) is 21.8 Å². The number of aliphatic hydroxyl groups excluding tert-OH is 1. The molecule has 0 fully saturated rings. The minimum atomic E-state index is -0.173. The molecule has 0 radical (unpaired) electrons. The van der Waals surface area contributed by atoms with Gasteiger partial charge in [0.2, 0.25) is 0 Å². The number of aliphatic hydroxyl groups is 1. The number of aromatic nitrogens is 4. The van der Waals surface area contributed by atoms with E-state index in [1.807, 2.05) is 0 Å². The molecule has 4 aromatic rings. The lowest BCUT2D eigenvalue weighted by Crippen LogP contribution is -2.16. The van der Waals surface area contributed by atoms with Crippen molar-refractivity contribution in [2.45, 2.75) is 12.8 Å². The molecule has 0 amide bonds. The zero-order valence-electron chi connectivity index (χ0n) is 16.8. The van der Waals surface area contributed by atoms with E-state index in [2.05, 4.69) is 10.3 Å². The Morgan fingerprint density at radius 3 is 2.81 bits per heavy atom. The van der Waals surface area contributed by atoms with Crippen molar-refractivity contribution >= 4 is 28.7 Å². The number of ether oxygens (including phenoxy) is 1. The quantitative estimate of drug-likeness (QED) is 0.377. The molecule has 0 aliphatic carbocycles. The van der Waals surface area contributed by atoms with Gasteiger partial charge in [-0.1, -0.05) is 22.9 Å². The van der Waals surface area contributed by atoms with Gasteiger partial charge in [-0.2, -0.15) is 0 Å². The third-order valence-corrected chi connectivity index (χ3v) is 5.91. The lowest BCUT2D eigenvalue weighted by molar-refractivity contribution is 0.0986. The molecule has 164 valence electrons. The van der Waals surface area contributed by atoms with Crippen molar-refractivity contribution in [2.75, 3.05) is 13.2 Å². The Morgan fingerprint density at radius 1 is 1.19 bits per heavy atom. The molecular weight excluding hydrogens is 452 g/mol. The normalized spacial score (nSPS) is 10.9. The number of pyridine rings is 1. The molecule has 32 heavy (non-hydrogen) atoms. The number of carbonyl (C=O) groups excluding carboxylic acids is 1. The summed E-state index contributed by atoms with van der Waals surface area (Å²) in [4.78, 5) is 25.1. The number of thiophene rings is 1. The lowest BCUT2D eigenvalue weighted by Gasteiger charge is -2.13. The van der Waals surface area contributed by atoms with Gasteiger partial charge in [-0.25, -0.2) is 4.68 Å². The first kappa shape index (κ1) is 21.9. The average molecular weight is 471 g/mol. The van der Waals surface area contributed by atoms with Crippen LogP contribution in [0.3, 0.4) is 0 Å². The maximum atomic E-state index is 12.3. The molecule has 1 N–H and O–H groups in total. The van der Waals surface area contributed by atoms with Crippen LogP contribution in [0.5, 0.6) is 5.75 Å². The summed E-state index contributed by atoms with van der Waals surface area (Å²) in [6, 6.07) is 13.6. The molecule has 0 aliphatic heterocycles. The van der Waals surface area contributed by atoms with Crippen molar-refractivity contribution in [3.63, 3.8) is 0 Å². The summed E-state index contributed by atoms with van der Waals surface area (Å²) in [5, 5.41) is 17.5. The number of halogens is 1. The first-order valence-electron chi connectivity index (χ1n) is 9.81. The van der Waals surface area contributed by atoms with E-state index in [0.29, 0.717) is 44.9 Å². The fourth-order valence-electron chi connectivity index (χ4n) is 3.11. The van der Waals surface area contributed by atoms with E-state index in [1.165, 1.54) is 22.0 Å². The van der Waals surface area contributed by atoms with Crippen LogP contribution in [0.4, 0.5) is 0 Å². The first-order valence-corrected chi connectivity index (χ1v) is 11.0. The fourth-order valence-corrected chi connectivity index (χ4v) is 4.12. The zero-order chi connectivity index (χ0) is 22.5. The van der Waals surface area contributed by atoms with E-state index in [4.69, 9.17) is 16.3 Å². The Kier molecular flexibility index (Phi) is 6.79. The Hall–Kier alpha value is -3.27. The maximum Gasteiger partial charge on any atom is 0.255 e. The molecule has 0 saturated heterocycles. The minimum absolute atomic E-state index is 0.000995.